The summed E-state index contributed by atoms with van der Waals surface area (Å²) >= 11 is 1.84. The van der Waals surface area contributed by atoms with Gasteiger partial charge in [-0.25, -0.2) is 9.59 Å². The van der Waals surface area contributed by atoms with Gasteiger partial charge in [-0.15, -0.1) is 0 Å². The second kappa shape index (κ2) is 13.1. The molecule has 3 aliphatic heterocycles. The number of rotatable bonds is 11. The van der Waals surface area contributed by atoms with E-state index >= 15 is 0 Å². The van der Waals surface area contributed by atoms with Gasteiger partial charge in [-0.3, -0.25) is 14.4 Å². The first-order valence-electron chi connectivity index (χ1n) is 15.0. The Balaban J connectivity index is 1.06. The number of phenols is 1. The van der Waals surface area contributed by atoms with E-state index in [0.29, 0.717) is 33.8 Å². The molecule has 13 heteroatoms. The van der Waals surface area contributed by atoms with Gasteiger partial charge < -0.3 is 35.9 Å². The molecule has 4 amide bonds. The molecule has 2 saturated heterocycles. The summed E-state index contributed by atoms with van der Waals surface area (Å²) in [7, 11) is 0. The first kappa shape index (κ1) is 31.0. The van der Waals surface area contributed by atoms with E-state index in [1.807, 2.05) is 11.8 Å². The van der Waals surface area contributed by atoms with Crippen LogP contribution in [0.2, 0.25) is 0 Å². The van der Waals surface area contributed by atoms with Crippen molar-refractivity contribution in [1.29, 1.82) is 0 Å². The number of carbonyl (C=O) groups is 4. The number of aromatic hydroxyl groups is 1. The lowest BCUT2D eigenvalue weighted by Gasteiger charge is -2.17. The van der Waals surface area contributed by atoms with Crippen LogP contribution in [0.1, 0.15) is 46.4 Å². The number of nitrogens with one attached hydrogen (secondary N) is 4. The normalized spacial score (nSPS) is 18.6. The van der Waals surface area contributed by atoms with Crippen molar-refractivity contribution >= 4 is 46.5 Å². The van der Waals surface area contributed by atoms with Gasteiger partial charge >= 0.3 is 12.0 Å². The number of phenolic OH excluding ortho intramolecular Hbond substituents is 1. The molecule has 2 aromatic rings. The molecule has 6 rings (SSSR count). The molecule has 4 aliphatic rings. The Labute approximate surface area is 267 Å². The highest BCUT2D eigenvalue weighted by Gasteiger charge is 2.42. The van der Waals surface area contributed by atoms with Crippen molar-refractivity contribution in [1.82, 2.24) is 21.3 Å². The van der Waals surface area contributed by atoms with Gasteiger partial charge in [0.25, 0.3) is 5.91 Å². The number of aromatic carboxylic acids is 1. The lowest BCUT2D eigenvalue weighted by Crippen LogP contribution is -2.36. The van der Waals surface area contributed by atoms with Crippen LogP contribution in [-0.4, -0.2) is 70.2 Å². The fourth-order valence-corrected chi connectivity index (χ4v) is 7.62. The van der Waals surface area contributed by atoms with Crippen molar-refractivity contribution in [3.63, 3.8) is 0 Å². The highest BCUT2D eigenvalue weighted by molar-refractivity contribution is 8.00. The number of thioether (sulfide) groups is 1. The number of carboxylic acid groups (broad SMARTS) is 1. The molecule has 6 N–H and O–H groups in total. The number of unbranched alkanes of at least 4 members (excludes halogenated alkanes) is 1. The molecule has 0 spiro atoms. The largest absolute Gasteiger partial charge is 0.508 e. The summed E-state index contributed by atoms with van der Waals surface area (Å²) < 4.78 is 5.88. The predicted molar refractivity (Wildman–Crippen MR) is 172 cm³/mol. The first-order valence-corrected chi connectivity index (χ1v) is 16.0. The van der Waals surface area contributed by atoms with Crippen molar-refractivity contribution < 1.29 is 33.8 Å². The zero-order valence-corrected chi connectivity index (χ0v) is 25.4. The molecular formula is C33H32N4O8S. The molecule has 238 valence electrons. The zero-order valence-electron chi connectivity index (χ0n) is 24.6. The minimum Gasteiger partial charge on any atom is -0.508 e. The van der Waals surface area contributed by atoms with Crippen LogP contribution in [0.5, 0.6) is 5.75 Å². The van der Waals surface area contributed by atoms with Crippen molar-refractivity contribution in [3.8, 4) is 28.2 Å². The third kappa shape index (κ3) is 6.50. The fourth-order valence-electron chi connectivity index (χ4n) is 6.07. The Bertz CT molecular complexity index is 1870. The molecule has 2 fully saturated rings. The van der Waals surface area contributed by atoms with Crippen LogP contribution in [0.3, 0.4) is 0 Å². The van der Waals surface area contributed by atoms with Crippen LogP contribution in [0, 0.1) is 0 Å². The molecule has 0 saturated carbocycles. The summed E-state index contributed by atoms with van der Waals surface area (Å²) in [6.45, 7) is 0.362. The van der Waals surface area contributed by atoms with E-state index in [0.717, 1.165) is 25.0 Å². The van der Waals surface area contributed by atoms with Crippen LogP contribution in [-0.2, 0) is 4.79 Å². The van der Waals surface area contributed by atoms with Gasteiger partial charge in [0.2, 0.25) is 5.91 Å². The van der Waals surface area contributed by atoms with E-state index in [9.17, 15) is 34.2 Å². The van der Waals surface area contributed by atoms with Crippen LogP contribution < -0.4 is 26.7 Å². The molecule has 12 nitrogen and oxygen atoms in total. The Kier molecular flexibility index (Phi) is 8.84. The quantitative estimate of drug-likeness (QED) is 0.0807. The molecule has 2 aromatic carbocycles. The smallest absolute Gasteiger partial charge is 0.336 e. The predicted octanol–water partition coefficient (Wildman–Crippen LogP) is 3.54. The molecule has 1 aliphatic carbocycles. The van der Waals surface area contributed by atoms with Crippen molar-refractivity contribution in [2.75, 3.05) is 18.8 Å². The number of amides is 4. The summed E-state index contributed by atoms with van der Waals surface area (Å²) in [4.78, 5) is 61.2. The molecule has 0 bridgehead atoms. The Morgan fingerprint density at radius 1 is 0.935 bits per heavy atom. The van der Waals surface area contributed by atoms with Crippen molar-refractivity contribution in [3.05, 3.63) is 75.9 Å². The average molecular weight is 645 g/mol. The number of carboxylic acids is 1. The monoisotopic (exact) mass is 644 g/mol. The minimum absolute atomic E-state index is 0.0528. The maximum atomic E-state index is 12.9. The SMILES string of the molecule is O=C(CCCC[C@@H]1SC[C@@H]2NC(=O)N[C@@H]21)NCCNC(=O)c1ccc(-c2c3ccc(=O)cc-3oc3ccc(O)cc23)c(C(=O)O)c1. The topological polar surface area (TPSA) is 187 Å². The van der Waals surface area contributed by atoms with E-state index < -0.39 is 11.9 Å². The van der Waals surface area contributed by atoms with Crippen molar-refractivity contribution in [2.24, 2.45) is 0 Å². The summed E-state index contributed by atoms with van der Waals surface area (Å²) in [6.07, 6.45) is 2.87. The summed E-state index contributed by atoms with van der Waals surface area (Å²) in [6, 6.07) is 13.1. The summed E-state index contributed by atoms with van der Waals surface area (Å²) in [5.74, 6) is -0.795. The third-order valence-corrected chi connectivity index (χ3v) is 9.78. The van der Waals surface area contributed by atoms with Gasteiger partial charge in [0.1, 0.15) is 17.1 Å². The second-order valence-electron chi connectivity index (χ2n) is 11.4. The lowest BCUT2D eigenvalue weighted by atomic mass is 9.90. The maximum Gasteiger partial charge on any atom is 0.336 e. The van der Waals surface area contributed by atoms with Crippen LogP contribution >= 0.6 is 11.8 Å². The second-order valence-corrected chi connectivity index (χ2v) is 12.6. The van der Waals surface area contributed by atoms with E-state index in [-0.39, 0.29) is 70.7 Å². The van der Waals surface area contributed by atoms with Gasteiger partial charge in [-0.05, 0) is 60.9 Å². The molecule has 46 heavy (non-hydrogen) atoms. The summed E-state index contributed by atoms with van der Waals surface area (Å²) in [5, 5.41) is 32.5. The highest BCUT2D eigenvalue weighted by Crippen LogP contribution is 2.42. The van der Waals surface area contributed by atoms with Gasteiger partial charge in [-0.1, -0.05) is 12.5 Å². The highest BCUT2D eigenvalue weighted by atomic mass is 32.2. The molecule has 3 atom stereocenters. The number of carbonyl (C=O) groups excluding carboxylic acids is 3. The molecular weight excluding hydrogens is 612 g/mol. The molecule has 0 aromatic heterocycles. The van der Waals surface area contributed by atoms with Crippen LogP contribution in [0.15, 0.2) is 63.8 Å². The number of urea groups is 1. The van der Waals surface area contributed by atoms with E-state index in [1.165, 1.54) is 54.6 Å². The average Bonchev–Trinajstić information content (AvgIpc) is 3.59. The Morgan fingerprint density at radius 3 is 2.57 bits per heavy atom. The molecule has 0 radical (unpaired) electrons. The molecule has 0 unspecified atom stereocenters. The van der Waals surface area contributed by atoms with Gasteiger partial charge in [0.15, 0.2) is 5.43 Å². The number of benzene rings is 3. The number of hydrogen-bond donors (Lipinski definition) is 6. The van der Waals surface area contributed by atoms with Crippen molar-refractivity contribution in [2.45, 2.75) is 43.0 Å². The zero-order chi connectivity index (χ0) is 32.4. The van der Waals surface area contributed by atoms with Gasteiger partial charge in [-0.2, -0.15) is 11.8 Å². The van der Waals surface area contributed by atoms with Crippen LogP contribution in [0.4, 0.5) is 4.79 Å². The fraction of sp³-hybridized carbons (Fsp3) is 0.303. The Morgan fingerprint density at radius 2 is 1.74 bits per heavy atom. The van der Waals surface area contributed by atoms with Gasteiger partial charge in [0, 0.05) is 58.7 Å². The standard InChI is InChI=1S/C33H32N4O8S/c38-18-7-10-25-23(14-18)29(21-9-6-19(39)15-26(21)45-25)20-8-5-17(13-22(20)32(42)43)31(41)35-12-11-34-28(40)4-2-1-3-27-30-24(16-46-27)36-33(44)37-30/h5-10,13-15,24,27,30,38H,1-4,11-12,16H2,(H,34,40)(H,35,41)(H,42,43)(H2,36,37,44)/t24-,27-,30-/m0/s1. The summed E-state index contributed by atoms with van der Waals surface area (Å²) in [5.41, 5.74) is 1.22. The lowest BCUT2D eigenvalue weighted by molar-refractivity contribution is -0.121. The number of hydrogen-bond acceptors (Lipinski definition) is 8. The van der Waals surface area contributed by atoms with Gasteiger partial charge in [0.05, 0.1) is 17.6 Å². The van der Waals surface area contributed by atoms with E-state index in [1.54, 1.807) is 0 Å². The van der Waals surface area contributed by atoms with Crippen LogP contribution in [0.25, 0.3) is 33.4 Å². The minimum atomic E-state index is -1.27. The number of fused-ring (bicyclic) bond motifs is 3. The van der Waals surface area contributed by atoms with E-state index in [2.05, 4.69) is 21.3 Å². The third-order valence-electron chi connectivity index (χ3n) is 8.27. The maximum absolute atomic E-state index is 12.9. The van der Waals surface area contributed by atoms with E-state index in [4.69, 9.17) is 4.42 Å². The Hall–Kier alpha value is -5.04. The first-order chi connectivity index (χ1) is 22.2. The molecule has 3 heterocycles.